The molecule has 0 fully saturated rings. The lowest BCUT2D eigenvalue weighted by atomic mass is 9.96. The Kier molecular flexibility index (Phi) is 6.64. The van der Waals surface area contributed by atoms with E-state index in [0.29, 0.717) is 5.82 Å². The van der Waals surface area contributed by atoms with Gasteiger partial charge in [0.05, 0.1) is 16.6 Å². The predicted octanol–water partition coefficient (Wildman–Crippen LogP) is 12.8. The zero-order chi connectivity index (χ0) is 33.2. The van der Waals surface area contributed by atoms with E-state index in [1.165, 1.54) is 54.5 Å². The van der Waals surface area contributed by atoms with Crippen molar-refractivity contribution in [1.29, 1.82) is 0 Å². The standard InChI is InChI=1S/C46H28BrN3/c47-41-26-31(22-24-39(41)46-48-28-33-10-4-9-17-42(33)49-46)29-18-20-30(21-19-29)32-23-25-40-43(27-32)50(34-11-2-1-3-12-34)45-38-16-8-6-14-36(38)35-13-5-7-15-37(35)44(40)45/h1-28H. The average molecular weight is 703 g/mol. The van der Waals surface area contributed by atoms with Crippen LogP contribution in [0.4, 0.5) is 0 Å². The second-order valence-electron chi connectivity index (χ2n) is 12.7. The minimum atomic E-state index is 0.710. The quantitative estimate of drug-likeness (QED) is 0.171. The van der Waals surface area contributed by atoms with E-state index in [4.69, 9.17) is 4.98 Å². The van der Waals surface area contributed by atoms with Crippen molar-refractivity contribution in [3.63, 3.8) is 0 Å². The first-order valence-corrected chi connectivity index (χ1v) is 17.6. The number of para-hydroxylation sites is 2. The molecule has 0 amide bonds. The molecule has 10 aromatic rings. The third kappa shape index (κ3) is 4.57. The molecule has 10 rings (SSSR count). The van der Waals surface area contributed by atoms with Crippen molar-refractivity contribution in [3.8, 4) is 39.3 Å². The molecule has 50 heavy (non-hydrogen) atoms. The van der Waals surface area contributed by atoms with Crippen LogP contribution in [-0.4, -0.2) is 14.5 Å². The Morgan fingerprint density at radius 2 is 1.08 bits per heavy atom. The number of halogens is 1. The molecule has 0 aliphatic heterocycles. The van der Waals surface area contributed by atoms with Crippen molar-refractivity contribution >= 4 is 70.2 Å². The van der Waals surface area contributed by atoms with Crippen molar-refractivity contribution in [3.05, 3.63) is 174 Å². The normalized spacial score (nSPS) is 11.7. The van der Waals surface area contributed by atoms with Gasteiger partial charge in [0.15, 0.2) is 5.82 Å². The zero-order valence-electron chi connectivity index (χ0n) is 26.9. The fraction of sp³-hybridized carbons (Fsp3) is 0. The molecule has 0 saturated carbocycles. The van der Waals surface area contributed by atoms with E-state index >= 15 is 0 Å². The molecule has 0 N–H and O–H groups in total. The molecule has 0 bridgehead atoms. The van der Waals surface area contributed by atoms with E-state index in [1.54, 1.807) is 0 Å². The van der Waals surface area contributed by atoms with Crippen LogP contribution in [0.25, 0.3) is 93.6 Å². The van der Waals surface area contributed by atoms with Gasteiger partial charge in [0.2, 0.25) is 0 Å². The first kappa shape index (κ1) is 28.9. The van der Waals surface area contributed by atoms with Gasteiger partial charge in [-0.15, -0.1) is 0 Å². The van der Waals surface area contributed by atoms with Crippen LogP contribution in [0.1, 0.15) is 0 Å². The van der Waals surface area contributed by atoms with Gasteiger partial charge in [0, 0.05) is 43.5 Å². The number of aromatic nitrogens is 3. The highest BCUT2D eigenvalue weighted by Gasteiger charge is 2.19. The highest BCUT2D eigenvalue weighted by Crippen LogP contribution is 2.43. The van der Waals surface area contributed by atoms with Crippen LogP contribution in [0.2, 0.25) is 0 Å². The Bertz CT molecular complexity index is 2930. The largest absolute Gasteiger partial charge is 0.309 e. The minimum Gasteiger partial charge on any atom is -0.309 e. The maximum Gasteiger partial charge on any atom is 0.160 e. The van der Waals surface area contributed by atoms with E-state index in [1.807, 2.05) is 30.5 Å². The number of rotatable bonds is 4. The highest BCUT2D eigenvalue weighted by atomic mass is 79.9. The summed E-state index contributed by atoms with van der Waals surface area (Å²) < 4.78 is 3.42. The van der Waals surface area contributed by atoms with Crippen molar-refractivity contribution in [1.82, 2.24) is 14.5 Å². The summed E-state index contributed by atoms with van der Waals surface area (Å²) in [4.78, 5) is 9.43. The molecule has 0 radical (unpaired) electrons. The Morgan fingerprint density at radius 3 is 1.84 bits per heavy atom. The van der Waals surface area contributed by atoms with Crippen LogP contribution in [0.5, 0.6) is 0 Å². The number of benzene rings is 8. The monoisotopic (exact) mass is 701 g/mol. The van der Waals surface area contributed by atoms with Crippen LogP contribution >= 0.6 is 15.9 Å². The lowest BCUT2D eigenvalue weighted by Gasteiger charge is -2.12. The zero-order valence-corrected chi connectivity index (χ0v) is 28.5. The van der Waals surface area contributed by atoms with Gasteiger partial charge in [-0.1, -0.05) is 143 Å². The van der Waals surface area contributed by atoms with Crippen LogP contribution in [0.15, 0.2) is 174 Å². The molecule has 0 atom stereocenters. The third-order valence-electron chi connectivity index (χ3n) is 9.90. The summed E-state index contributed by atoms with van der Waals surface area (Å²) >= 11 is 3.81. The van der Waals surface area contributed by atoms with Gasteiger partial charge < -0.3 is 4.57 Å². The molecule has 2 heterocycles. The smallest absolute Gasteiger partial charge is 0.160 e. The molecular formula is C46H28BrN3. The summed E-state index contributed by atoms with van der Waals surface area (Å²) in [5.74, 6) is 0.710. The Labute approximate surface area is 297 Å². The molecule has 0 aliphatic rings. The Morgan fingerprint density at radius 1 is 0.480 bits per heavy atom. The second kappa shape index (κ2) is 11.5. The molecule has 0 spiro atoms. The summed E-state index contributed by atoms with van der Waals surface area (Å²) in [6.07, 6.45) is 1.89. The third-order valence-corrected chi connectivity index (χ3v) is 10.6. The topological polar surface area (TPSA) is 30.7 Å². The van der Waals surface area contributed by atoms with Gasteiger partial charge >= 0.3 is 0 Å². The van der Waals surface area contributed by atoms with Crippen molar-refractivity contribution in [2.24, 2.45) is 0 Å². The van der Waals surface area contributed by atoms with Crippen molar-refractivity contribution in [2.75, 3.05) is 0 Å². The lowest BCUT2D eigenvalue weighted by Crippen LogP contribution is -1.94. The SMILES string of the molecule is Brc1cc(-c2ccc(-c3ccc4c5c6ccccc6c6ccccc6c5n(-c5ccccc5)c4c3)cc2)ccc1-c1ncc2ccccc2n1. The van der Waals surface area contributed by atoms with Gasteiger partial charge in [-0.2, -0.15) is 0 Å². The summed E-state index contributed by atoms with van der Waals surface area (Å²) in [6, 6.07) is 58.7. The first-order valence-electron chi connectivity index (χ1n) is 16.8. The highest BCUT2D eigenvalue weighted by molar-refractivity contribution is 9.10. The molecule has 8 aromatic carbocycles. The molecule has 4 heteroatoms. The molecule has 0 unspecified atom stereocenters. The van der Waals surface area contributed by atoms with Gasteiger partial charge in [0.1, 0.15) is 0 Å². The number of hydrogen-bond acceptors (Lipinski definition) is 2. The van der Waals surface area contributed by atoms with E-state index in [-0.39, 0.29) is 0 Å². The summed E-state index contributed by atoms with van der Waals surface area (Å²) in [5.41, 5.74) is 10.2. The Balaban J connectivity index is 1.09. The van der Waals surface area contributed by atoms with E-state index in [9.17, 15) is 0 Å². The summed E-state index contributed by atoms with van der Waals surface area (Å²) in [5, 5.41) is 8.68. The summed E-state index contributed by atoms with van der Waals surface area (Å²) in [6.45, 7) is 0. The second-order valence-corrected chi connectivity index (χ2v) is 13.6. The summed E-state index contributed by atoms with van der Waals surface area (Å²) in [7, 11) is 0. The van der Waals surface area contributed by atoms with Gasteiger partial charge in [-0.05, 0) is 74.8 Å². The minimum absolute atomic E-state index is 0.710. The molecule has 3 nitrogen and oxygen atoms in total. The van der Waals surface area contributed by atoms with Crippen molar-refractivity contribution in [2.45, 2.75) is 0 Å². The number of fused-ring (bicyclic) bond motifs is 9. The molecule has 2 aromatic heterocycles. The fourth-order valence-electron chi connectivity index (χ4n) is 7.53. The van der Waals surface area contributed by atoms with Crippen LogP contribution in [0, 0.1) is 0 Å². The van der Waals surface area contributed by atoms with Crippen LogP contribution < -0.4 is 0 Å². The predicted molar refractivity (Wildman–Crippen MR) is 213 cm³/mol. The van der Waals surface area contributed by atoms with E-state index in [2.05, 4.69) is 165 Å². The molecule has 234 valence electrons. The fourth-order valence-corrected chi connectivity index (χ4v) is 8.09. The number of nitrogens with zero attached hydrogens (tertiary/aromatic N) is 3. The van der Waals surface area contributed by atoms with Gasteiger partial charge in [-0.25, -0.2) is 9.97 Å². The van der Waals surface area contributed by atoms with Gasteiger partial charge in [0.25, 0.3) is 0 Å². The maximum absolute atomic E-state index is 4.80. The van der Waals surface area contributed by atoms with E-state index < -0.39 is 0 Å². The van der Waals surface area contributed by atoms with Crippen molar-refractivity contribution < 1.29 is 0 Å². The Hall–Kier alpha value is -6.10. The molecule has 0 saturated heterocycles. The van der Waals surface area contributed by atoms with E-state index in [0.717, 1.165) is 37.8 Å². The first-order chi connectivity index (χ1) is 24.7. The van der Waals surface area contributed by atoms with Crippen LogP contribution in [-0.2, 0) is 0 Å². The lowest BCUT2D eigenvalue weighted by molar-refractivity contribution is 1.19. The maximum atomic E-state index is 4.80. The molecular weight excluding hydrogens is 674 g/mol. The average Bonchev–Trinajstić information content (AvgIpc) is 3.53. The van der Waals surface area contributed by atoms with Gasteiger partial charge in [-0.3, -0.25) is 0 Å². The van der Waals surface area contributed by atoms with Crippen LogP contribution in [0.3, 0.4) is 0 Å². The number of hydrogen-bond donors (Lipinski definition) is 0. The molecule has 0 aliphatic carbocycles.